The van der Waals surface area contributed by atoms with Crippen molar-refractivity contribution in [2.24, 2.45) is 5.73 Å². The molecule has 0 aromatic rings. The highest BCUT2D eigenvalue weighted by atomic mass is 16.2. The van der Waals surface area contributed by atoms with Gasteiger partial charge in [-0.1, -0.05) is 32.1 Å². The lowest BCUT2D eigenvalue weighted by Crippen LogP contribution is -2.60. The number of nitrogens with one attached hydrogen (secondary N) is 2. The maximum absolute atomic E-state index is 12.4. The second-order valence-corrected chi connectivity index (χ2v) is 5.98. The van der Waals surface area contributed by atoms with Crippen molar-refractivity contribution in [3.8, 4) is 0 Å². The van der Waals surface area contributed by atoms with Gasteiger partial charge in [-0.25, -0.2) is 0 Å². The van der Waals surface area contributed by atoms with Gasteiger partial charge < -0.3 is 16.4 Å². The van der Waals surface area contributed by atoms with Crippen LogP contribution in [0.4, 0.5) is 0 Å². The van der Waals surface area contributed by atoms with Crippen LogP contribution in [0.2, 0.25) is 0 Å². The maximum Gasteiger partial charge on any atom is 0.240 e. The third-order valence-electron chi connectivity index (χ3n) is 4.65. The summed E-state index contributed by atoms with van der Waals surface area (Å²) in [5.41, 5.74) is 5.67. The van der Waals surface area contributed by atoms with Gasteiger partial charge in [0.2, 0.25) is 5.91 Å². The SMILES string of the molecule is CN[C@H]1CCCC[C@H]1NC(=O)C1(N)CCCCC1. The molecule has 4 N–H and O–H groups in total. The maximum atomic E-state index is 12.4. The number of carbonyl (C=O) groups excluding carboxylic acids is 1. The molecule has 2 fully saturated rings. The van der Waals surface area contributed by atoms with E-state index < -0.39 is 5.54 Å². The summed E-state index contributed by atoms with van der Waals surface area (Å²) in [5.74, 6) is 0.0781. The molecule has 0 bridgehead atoms. The van der Waals surface area contributed by atoms with Gasteiger partial charge in [-0.3, -0.25) is 4.79 Å². The Morgan fingerprint density at radius 1 is 1.06 bits per heavy atom. The fourth-order valence-corrected chi connectivity index (χ4v) is 3.37. The van der Waals surface area contributed by atoms with Crippen molar-refractivity contribution in [3.63, 3.8) is 0 Å². The molecule has 2 aliphatic carbocycles. The molecule has 0 spiro atoms. The van der Waals surface area contributed by atoms with Gasteiger partial charge in [-0.05, 0) is 32.7 Å². The van der Waals surface area contributed by atoms with Gasteiger partial charge in [0.15, 0.2) is 0 Å². The molecule has 0 saturated heterocycles. The summed E-state index contributed by atoms with van der Waals surface area (Å²) in [7, 11) is 1.98. The molecule has 104 valence electrons. The molecule has 2 rings (SSSR count). The van der Waals surface area contributed by atoms with E-state index in [1.807, 2.05) is 7.05 Å². The quantitative estimate of drug-likeness (QED) is 0.710. The molecule has 0 unspecified atom stereocenters. The van der Waals surface area contributed by atoms with E-state index in [0.29, 0.717) is 6.04 Å². The summed E-state index contributed by atoms with van der Waals surface area (Å²) in [6, 6.07) is 0.675. The highest BCUT2D eigenvalue weighted by Crippen LogP contribution is 2.27. The summed E-state index contributed by atoms with van der Waals surface area (Å²) in [5, 5.41) is 6.52. The van der Waals surface area contributed by atoms with E-state index in [4.69, 9.17) is 5.73 Å². The van der Waals surface area contributed by atoms with Crippen LogP contribution in [0, 0.1) is 0 Å². The van der Waals surface area contributed by atoms with Crippen LogP contribution >= 0.6 is 0 Å². The van der Waals surface area contributed by atoms with Crippen molar-refractivity contribution in [1.82, 2.24) is 10.6 Å². The average molecular weight is 253 g/mol. The normalized spacial score (nSPS) is 31.9. The first-order chi connectivity index (χ1) is 8.65. The van der Waals surface area contributed by atoms with Crippen LogP contribution in [-0.2, 0) is 4.79 Å². The van der Waals surface area contributed by atoms with Gasteiger partial charge in [0, 0.05) is 12.1 Å². The zero-order valence-corrected chi connectivity index (χ0v) is 11.5. The van der Waals surface area contributed by atoms with Gasteiger partial charge in [0.1, 0.15) is 0 Å². The summed E-state index contributed by atoms with van der Waals surface area (Å²) < 4.78 is 0. The van der Waals surface area contributed by atoms with Crippen LogP contribution in [0.15, 0.2) is 0 Å². The Morgan fingerprint density at radius 2 is 1.67 bits per heavy atom. The average Bonchev–Trinajstić information content (AvgIpc) is 2.40. The van der Waals surface area contributed by atoms with E-state index in [0.717, 1.165) is 38.5 Å². The van der Waals surface area contributed by atoms with Gasteiger partial charge >= 0.3 is 0 Å². The van der Waals surface area contributed by atoms with E-state index in [2.05, 4.69) is 10.6 Å². The minimum absolute atomic E-state index is 0.0781. The first kappa shape index (κ1) is 13.8. The molecule has 2 aliphatic rings. The van der Waals surface area contributed by atoms with Crippen molar-refractivity contribution in [2.45, 2.75) is 75.4 Å². The lowest BCUT2D eigenvalue weighted by atomic mass is 9.81. The molecule has 0 radical (unpaired) electrons. The predicted molar refractivity (Wildman–Crippen MR) is 73.2 cm³/mol. The first-order valence-electron chi connectivity index (χ1n) is 7.43. The molecule has 4 heteroatoms. The smallest absolute Gasteiger partial charge is 0.240 e. The van der Waals surface area contributed by atoms with Crippen LogP contribution < -0.4 is 16.4 Å². The summed E-state index contributed by atoms with van der Waals surface area (Å²) in [6.45, 7) is 0. The molecule has 0 aliphatic heterocycles. The van der Waals surface area contributed by atoms with Crippen molar-refractivity contribution in [3.05, 3.63) is 0 Å². The fourth-order valence-electron chi connectivity index (χ4n) is 3.37. The molecule has 0 aromatic heterocycles. The van der Waals surface area contributed by atoms with Crippen LogP contribution in [0.5, 0.6) is 0 Å². The highest BCUT2D eigenvalue weighted by Gasteiger charge is 2.37. The lowest BCUT2D eigenvalue weighted by molar-refractivity contribution is -0.128. The number of likely N-dealkylation sites (N-methyl/N-ethyl adjacent to an activating group) is 1. The number of hydrogen-bond acceptors (Lipinski definition) is 3. The largest absolute Gasteiger partial charge is 0.350 e. The van der Waals surface area contributed by atoms with Crippen molar-refractivity contribution < 1.29 is 4.79 Å². The minimum atomic E-state index is -0.603. The van der Waals surface area contributed by atoms with E-state index in [1.165, 1.54) is 19.3 Å². The molecule has 1 amide bonds. The van der Waals surface area contributed by atoms with E-state index in [9.17, 15) is 4.79 Å². The van der Waals surface area contributed by atoms with Gasteiger partial charge in [0.05, 0.1) is 5.54 Å². The van der Waals surface area contributed by atoms with Crippen molar-refractivity contribution >= 4 is 5.91 Å². The van der Waals surface area contributed by atoms with E-state index >= 15 is 0 Å². The summed E-state index contributed by atoms with van der Waals surface area (Å²) >= 11 is 0. The van der Waals surface area contributed by atoms with Crippen molar-refractivity contribution in [2.75, 3.05) is 7.05 Å². The Morgan fingerprint density at radius 3 is 2.28 bits per heavy atom. The van der Waals surface area contributed by atoms with Gasteiger partial charge in [-0.15, -0.1) is 0 Å². The molecule has 2 atom stereocenters. The number of hydrogen-bond donors (Lipinski definition) is 3. The summed E-state index contributed by atoms with van der Waals surface area (Å²) in [4.78, 5) is 12.4. The van der Waals surface area contributed by atoms with Crippen LogP contribution in [0.25, 0.3) is 0 Å². The first-order valence-corrected chi connectivity index (χ1v) is 7.43. The number of carbonyl (C=O) groups is 1. The van der Waals surface area contributed by atoms with E-state index in [1.54, 1.807) is 0 Å². The topological polar surface area (TPSA) is 67.1 Å². The Labute approximate surface area is 110 Å². The zero-order chi connectivity index (χ0) is 13.0. The summed E-state index contributed by atoms with van der Waals surface area (Å²) in [6.07, 6.45) is 9.77. The Kier molecular flexibility index (Phi) is 4.62. The molecule has 0 heterocycles. The Balaban J connectivity index is 1.92. The Hall–Kier alpha value is -0.610. The number of amides is 1. The second-order valence-electron chi connectivity index (χ2n) is 5.98. The monoisotopic (exact) mass is 253 g/mol. The van der Waals surface area contributed by atoms with Gasteiger partial charge in [-0.2, -0.15) is 0 Å². The zero-order valence-electron chi connectivity index (χ0n) is 11.5. The molecule has 2 saturated carbocycles. The van der Waals surface area contributed by atoms with E-state index in [-0.39, 0.29) is 11.9 Å². The predicted octanol–water partition coefficient (Wildman–Crippen LogP) is 1.29. The number of nitrogens with two attached hydrogens (primary N) is 1. The van der Waals surface area contributed by atoms with Gasteiger partial charge in [0.25, 0.3) is 0 Å². The molecular formula is C14H27N3O. The molecule has 18 heavy (non-hydrogen) atoms. The molecule has 0 aromatic carbocycles. The van der Waals surface area contributed by atoms with Crippen LogP contribution in [-0.4, -0.2) is 30.6 Å². The molecule has 4 nitrogen and oxygen atoms in total. The number of rotatable bonds is 3. The Bertz CT molecular complexity index is 287. The third-order valence-corrected chi connectivity index (χ3v) is 4.65. The fraction of sp³-hybridized carbons (Fsp3) is 0.929. The highest BCUT2D eigenvalue weighted by molar-refractivity contribution is 5.86. The molecular weight excluding hydrogens is 226 g/mol. The van der Waals surface area contributed by atoms with Crippen LogP contribution in [0.3, 0.4) is 0 Å². The standard InChI is InChI=1S/C14H27N3O/c1-16-11-7-3-4-8-12(11)17-13(18)14(15)9-5-2-6-10-14/h11-12,16H,2-10,15H2,1H3,(H,17,18)/t11-,12+/m0/s1. The second kappa shape index (κ2) is 6.02. The van der Waals surface area contributed by atoms with Crippen LogP contribution in [0.1, 0.15) is 57.8 Å². The minimum Gasteiger partial charge on any atom is -0.350 e. The third kappa shape index (κ3) is 3.04. The van der Waals surface area contributed by atoms with Crippen molar-refractivity contribution in [1.29, 1.82) is 0 Å². The lowest BCUT2D eigenvalue weighted by Gasteiger charge is -2.37.